The van der Waals surface area contributed by atoms with Crippen LogP contribution in [-0.4, -0.2) is 80.8 Å². The molecule has 0 amide bonds. The number of carboxylic acids is 2. The number of methoxy groups -OCH3 is 1. The lowest BCUT2D eigenvalue weighted by Gasteiger charge is -2.43. The van der Waals surface area contributed by atoms with Gasteiger partial charge in [-0.15, -0.1) is 0 Å². The summed E-state index contributed by atoms with van der Waals surface area (Å²) in [5.41, 5.74) is -3.41. The number of halogens is 3. The Balaban J connectivity index is 3.20. The van der Waals surface area contributed by atoms with Crippen molar-refractivity contribution in [2.75, 3.05) is 46.7 Å². The fourth-order valence-corrected chi connectivity index (χ4v) is 4.65. The average molecular weight is 601 g/mol. The summed E-state index contributed by atoms with van der Waals surface area (Å²) < 4.78 is 64.3. The summed E-state index contributed by atoms with van der Waals surface area (Å²) in [7, 11) is 0.887. The van der Waals surface area contributed by atoms with Gasteiger partial charge < -0.3 is 40.2 Å². The van der Waals surface area contributed by atoms with E-state index in [0.29, 0.717) is 6.07 Å². The van der Waals surface area contributed by atoms with Gasteiger partial charge >= 0.3 is 30.1 Å². The third kappa shape index (κ3) is 7.16. The molecule has 0 aliphatic carbocycles. The number of hydrogen-bond donors (Lipinski definition) is 4. The smallest absolute Gasteiger partial charge is 0.416 e. The standard InChI is InChI=1S/C27H31F3N2O10/c1-4-42-25(38)22-19(14-41-12-11-40-10-9-31)32-15(2)21(24(37)39-3)26(22,18(23(35)36)13-20(33)34)16-7-5-6-8-17(16)27(28,29)30/h5-8,13,32H,4,9-12,14,31H2,1-3H3,(H,33,34)(H,35,36)/b18-13+. The monoisotopic (exact) mass is 600 g/mol. The lowest BCUT2D eigenvalue weighted by Crippen LogP contribution is -2.50. The van der Waals surface area contributed by atoms with Gasteiger partial charge in [0.05, 0.1) is 73.5 Å². The van der Waals surface area contributed by atoms with Crippen LogP contribution in [0.4, 0.5) is 13.2 Å². The van der Waals surface area contributed by atoms with Gasteiger partial charge in [0.2, 0.25) is 0 Å². The van der Waals surface area contributed by atoms with Crippen molar-refractivity contribution in [1.29, 1.82) is 0 Å². The van der Waals surface area contributed by atoms with Crippen LogP contribution in [0.25, 0.3) is 0 Å². The molecule has 0 spiro atoms. The third-order valence-electron chi connectivity index (χ3n) is 6.05. The third-order valence-corrected chi connectivity index (χ3v) is 6.05. The number of aliphatic carboxylic acids is 2. The van der Waals surface area contributed by atoms with Gasteiger partial charge in [-0.25, -0.2) is 19.2 Å². The second-order valence-corrected chi connectivity index (χ2v) is 8.64. The van der Waals surface area contributed by atoms with Gasteiger partial charge in [-0.05, 0) is 25.5 Å². The van der Waals surface area contributed by atoms with Gasteiger partial charge in [-0.2, -0.15) is 13.2 Å². The summed E-state index contributed by atoms with van der Waals surface area (Å²) >= 11 is 0. The van der Waals surface area contributed by atoms with Crippen LogP contribution in [0.1, 0.15) is 25.0 Å². The topological polar surface area (TPSA) is 184 Å². The highest BCUT2D eigenvalue weighted by Gasteiger charge is 2.58. The van der Waals surface area contributed by atoms with Crippen LogP contribution in [0.2, 0.25) is 0 Å². The Bertz CT molecular complexity index is 1300. The number of nitrogens with one attached hydrogen (secondary N) is 1. The largest absolute Gasteiger partial charge is 0.478 e. The van der Waals surface area contributed by atoms with Crippen molar-refractivity contribution in [2.24, 2.45) is 5.73 Å². The Hall–Kier alpha value is -4.21. The lowest BCUT2D eigenvalue weighted by molar-refractivity contribution is -0.143. The molecule has 12 nitrogen and oxygen atoms in total. The number of dihydropyridines is 1. The molecule has 2 rings (SSSR count). The average Bonchev–Trinajstić information content (AvgIpc) is 2.92. The minimum Gasteiger partial charge on any atom is -0.478 e. The molecule has 0 fully saturated rings. The number of rotatable bonds is 14. The molecule has 15 heteroatoms. The van der Waals surface area contributed by atoms with Crippen molar-refractivity contribution in [3.05, 3.63) is 69.6 Å². The molecule has 1 aromatic rings. The van der Waals surface area contributed by atoms with Crippen molar-refractivity contribution in [1.82, 2.24) is 5.32 Å². The first kappa shape index (κ1) is 34.0. The second kappa shape index (κ2) is 14.6. The summed E-state index contributed by atoms with van der Waals surface area (Å²) in [6, 6.07) is 3.58. The van der Waals surface area contributed by atoms with Crippen molar-refractivity contribution >= 4 is 23.9 Å². The van der Waals surface area contributed by atoms with E-state index in [4.69, 9.17) is 24.7 Å². The molecule has 230 valence electrons. The van der Waals surface area contributed by atoms with E-state index in [0.717, 1.165) is 25.3 Å². The molecule has 0 saturated heterocycles. The van der Waals surface area contributed by atoms with E-state index < -0.39 is 69.9 Å². The highest BCUT2D eigenvalue weighted by Crippen LogP contribution is 2.53. The fraction of sp³-hybridized carbons (Fsp3) is 0.407. The number of hydrogen-bond acceptors (Lipinski definition) is 10. The maximum atomic E-state index is 14.5. The molecule has 0 radical (unpaired) electrons. The van der Waals surface area contributed by atoms with Crippen molar-refractivity contribution < 1.29 is 61.5 Å². The van der Waals surface area contributed by atoms with E-state index >= 15 is 0 Å². The lowest BCUT2D eigenvalue weighted by atomic mass is 9.60. The van der Waals surface area contributed by atoms with Crippen LogP contribution in [0, 0.1) is 0 Å². The molecule has 0 bridgehead atoms. The Morgan fingerprint density at radius 3 is 2.21 bits per heavy atom. The number of ether oxygens (including phenoxy) is 4. The number of carbonyl (C=O) groups excluding carboxylic acids is 2. The molecule has 1 aliphatic heterocycles. The van der Waals surface area contributed by atoms with Gasteiger partial charge in [-0.3, -0.25) is 0 Å². The van der Waals surface area contributed by atoms with Crippen molar-refractivity contribution in [3.8, 4) is 0 Å². The van der Waals surface area contributed by atoms with Crippen molar-refractivity contribution in [3.63, 3.8) is 0 Å². The van der Waals surface area contributed by atoms with Gasteiger partial charge in [-0.1, -0.05) is 18.2 Å². The zero-order chi connectivity index (χ0) is 31.7. The highest BCUT2D eigenvalue weighted by molar-refractivity contribution is 6.10. The molecule has 0 saturated carbocycles. The molecule has 1 unspecified atom stereocenters. The van der Waals surface area contributed by atoms with Gasteiger partial charge in [0.25, 0.3) is 0 Å². The number of allylic oxidation sites excluding steroid dienone is 1. The van der Waals surface area contributed by atoms with Crippen LogP contribution >= 0.6 is 0 Å². The Morgan fingerprint density at radius 1 is 1.02 bits per heavy atom. The summed E-state index contributed by atoms with van der Waals surface area (Å²) in [5.74, 6) is -6.60. The molecule has 1 heterocycles. The minimum absolute atomic E-state index is 0.0444. The Morgan fingerprint density at radius 2 is 1.67 bits per heavy atom. The fourth-order valence-electron chi connectivity index (χ4n) is 4.65. The first-order chi connectivity index (χ1) is 19.8. The second-order valence-electron chi connectivity index (χ2n) is 8.64. The molecule has 5 N–H and O–H groups in total. The first-order valence-corrected chi connectivity index (χ1v) is 12.5. The van der Waals surface area contributed by atoms with Crippen LogP contribution in [0.15, 0.2) is 58.5 Å². The van der Waals surface area contributed by atoms with Gasteiger partial charge in [0.1, 0.15) is 0 Å². The Labute approximate surface area is 238 Å². The number of carbonyl (C=O) groups is 4. The predicted octanol–water partition coefficient (Wildman–Crippen LogP) is 1.90. The zero-order valence-electron chi connectivity index (χ0n) is 23.0. The number of benzene rings is 1. The molecule has 1 aliphatic rings. The van der Waals surface area contributed by atoms with E-state index in [1.165, 1.54) is 13.8 Å². The van der Waals surface area contributed by atoms with E-state index in [9.17, 15) is 42.6 Å². The number of esters is 2. The predicted molar refractivity (Wildman–Crippen MR) is 139 cm³/mol. The molecule has 42 heavy (non-hydrogen) atoms. The molecule has 1 aromatic carbocycles. The molecule has 0 aromatic heterocycles. The van der Waals surface area contributed by atoms with Crippen LogP contribution < -0.4 is 11.1 Å². The summed E-state index contributed by atoms with van der Waals surface area (Å²) in [6.07, 6.45) is -5.04. The first-order valence-electron chi connectivity index (χ1n) is 12.5. The maximum absolute atomic E-state index is 14.5. The van der Waals surface area contributed by atoms with E-state index in [1.807, 2.05) is 0 Å². The quantitative estimate of drug-likeness (QED) is 0.138. The Kier molecular flexibility index (Phi) is 11.8. The summed E-state index contributed by atoms with van der Waals surface area (Å²) in [5, 5.41) is 22.7. The van der Waals surface area contributed by atoms with Gasteiger partial charge in [0, 0.05) is 18.3 Å². The maximum Gasteiger partial charge on any atom is 0.416 e. The molecule has 1 atom stereocenters. The van der Waals surface area contributed by atoms with Crippen LogP contribution in [0.3, 0.4) is 0 Å². The van der Waals surface area contributed by atoms with E-state index in [2.05, 4.69) is 5.32 Å². The normalized spacial score (nSPS) is 17.5. The van der Waals surface area contributed by atoms with E-state index in [1.54, 1.807) is 0 Å². The van der Waals surface area contributed by atoms with Crippen LogP contribution in [-0.2, 0) is 49.7 Å². The SMILES string of the molecule is CCOC(=O)C1=C(COCCOCCN)NC(C)=C(C(=O)OC)C1(/C(=C/C(=O)O)C(=O)O)c1ccccc1C(F)(F)F. The number of carboxylic acid groups (broad SMARTS) is 2. The zero-order valence-corrected chi connectivity index (χ0v) is 23.0. The number of alkyl halides is 3. The minimum atomic E-state index is -5.16. The summed E-state index contributed by atoms with van der Waals surface area (Å²) in [6.45, 7) is 2.16. The molecular formula is C27H31F3N2O10. The van der Waals surface area contributed by atoms with Gasteiger partial charge in [0.15, 0.2) is 0 Å². The van der Waals surface area contributed by atoms with Crippen LogP contribution in [0.5, 0.6) is 0 Å². The number of nitrogens with two attached hydrogens (primary N) is 1. The van der Waals surface area contributed by atoms with E-state index in [-0.39, 0.29) is 50.4 Å². The highest BCUT2D eigenvalue weighted by atomic mass is 19.4. The van der Waals surface area contributed by atoms with Crippen molar-refractivity contribution in [2.45, 2.75) is 25.4 Å². The summed E-state index contributed by atoms with van der Waals surface area (Å²) in [4.78, 5) is 51.7. The molecular weight excluding hydrogens is 569 g/mol.